The standard InChI is InChI=1S/C14H16BrF2N3O/c1-3-20-12(13(15)8(2)19-20)7-21-14-10(16)4-9(6-18)5-11(14)17/h4-5H,3,6-7,18H2,1-2H3. The highest BCUT2D eigenvalue weighted by molar-refractivity contribution is 9.10. The SMILES string of the molecule is CCn1nc(C)c(Br)c1COc1c(F)cc(CN)cc1F. The van der Waals surface area contributed by atoms with Crippen LogP contribution in [0.4, 0.5) is 8.78 Å². The Morgan fingerprint density at radius 2 is 1.95 bits per heavy atom. The van der Waals surface area contributed by atoms with Crippen LogP contribution in [0.15, 0.2) is 16.6 Å². The summed E-state index contributed by atoms with van der Waals surface area (Å²) < 4.78 is 35.5. The molecular weight excluding hydrogens is 344 g/mol. The second kappa shape index (κ2) is 6.53. The Bertz CT molecular complexity index is 635. The molecule has 4 nitrogen and oxygen atoms in total. The van der Waals surface area contributed by atoms with Crippen molar-refractivity contribution in [2.75, 3.05) is 0 Å². The predicted molar refractivity (Wildman–Crippen MR) is 78.9 cm³/mol. The lowest BCUT2D eigenvalue weighted by Gasteiger charge is -2.11. The van der Waals surface area contributed by atoms with Crippen LogP contribution in [0.3, 0.4) is 0 Å². The van der Waals surface area contributed by atoms with Crippen LogP contribution in [0.5, 0.6) is 5.75 Å². The summed E-state index contributed by atoms with van der Waals surface area (Å²) in [6, 6.07) is 2.35. The lowest BCUT2D eigenvalue weighted by Crippen LogP contribution is -2.08. The Labute approximate surface area is 130 Å². The van der Waals surface area contributed by atoms with E-state index in [9.17, 15) is 8.78 Å². The van der Waals surface area contributed by atoms with Crippen LogP contribution in [-0.4, -0.2) is 9.78 Å². The molecule has 0 atom stereocenters. The molecule has 0 aliphatic heterocycles. The average Bonchev–Trinajstić information content (AvgIpc) is 2.73. The van der Waals surface area contributed by atoms with Crippen LogP contribution in [0.2, 0.25) is 0 Å². The Morgan fingerprint density at radius 3 is 2.48 bits per heavy atom. The van der Waals surface area contributed by atoms with Crippen molar-refractivity contribution in [1.82, 2.24) is 9.78 Å². The topological polar surface area (TPSA) is 53.1 Å². The number of halogens is 3. The summed E-state index contributed by atoms with van der Waals surface area (Å²) >= 11 is 3.41. The van der Waals surface area contributed by atoms with E-state index < -0.39 is 17.4 Å². The van der Waals surface area contributed by atoms with Crippen molar-refractivity contribution in [3.05, 3.63) is 45.2 Å². The van der Waals surface area contributed by atoms with E-state index in [0.717, 1.165) is 15.9 Å². The van der Waals surface area contributed by atoms with E-state index in [0.29, 0.717) is 12.1 Å². The van der Waals surface area contributed by atoms with Gasteiger partial charge in [-0.15, -0.1) is 0 Å². The maximum Gasteiger partial charge on any atom is 0.191 e. The first kappa shape index (κ1) is 15.9. The van der Waals surface area contributed by atoms with Gasteiger partial charge in [-0.25, -0.2) is 8.78 Å². The highest BCUT2D eigenvalue weighted by Gasteiger charge is 2.16. The third kappa shape index (κ3) is 3.24. The summed E-state index contributed by atoms with van der Waals surface area (Å²) in [5, 5.41) is 4.30. The van der Waals surface area contributed by atoms with Crippen LogP contribution in [-0.2, 0) is 19.7 Å². The summed E-state index contributed by atoms with van der Waals surface area (Å²) in [6.45, 7) is 4.51. The van der Waals surface area contributed by atoms with Crippen molar-refractivity contribution in [2.45, 2.75) is 33.5 Å². The van der Waals surface area contributed by atoms with Crippen molar-refractivity contribution < 1.29 is 13.5 Å². The molecule has 7 heteroatoms. The summed E-state index contributed by atoms with van der Waals surface area (Å²) in [5.41, 5.74) is 7.29. The van der Waals surface area contributed by atoms with Crippen molar-refractivity contribution in [3.63, 3.8) is 0 Å². The number of hydrogen-bond acceptors (Lipinski definition) is 3. The molecule has 0 aliphatic carbocycles. The highest BCUT2D eigenvalue weighted by atomic mass is 79.9. The molecule has 114 valence electrons. The predicted octanol–water partition coefficient (Wildman–Crippen LogP) is 3.29. The lowest BCUT2D eigenvalue weighted by molar-refractivity contribution is 0.262. The lowest BCUT2D eigenvalue weighted by atomic mass is 10.2. The van der Waals surface area contributed by atoms with Gasteiger partial charge in [-0.1, -0.05) is 0 Å². The van der Waals surface area contributed by atoms with E-state index in [-0.39, 0.29) is 13.2 Å². The largest absolute Gasteiger partial charge is 0.481 e. The Balaban J connectivity index is 2.25. The van der Waals surface area contributed by atoms with Gasteiger partial charge in [0.05, 0.1) is 15.9 Å². The number of ether oxygens (including phenoxy) is 1. The fourth-order valence-corrected chi connectivity index (χ4v) is 2.41. The van der Waals surface area contributed by atoms with Gasteiger partial charge in [0, 0.05) is 13.1 Å². The summed E-state index contributed by atoms with van der Waals surface area (Å²) in [4.78, 5) is 0. The number of aryl methyl sites for hydroxylation is 2. The fraction of sp³-hybridized carbons (Fsp3) is 0.357. The number of rotatable bonds is 5. The normalized spacial score (nSPS) is 11.0. The quantitative estimate of drug-likeness (QED) is 0.890. The number of hydrogen-bond donors (Lipinski definition) is 1. The molecule has 1 aromatic heterocycles. The minimum atomic E-state index is -0.758. The fourth-order valence-electron chi connectivity index (χ4n) is 2.02. The molecule has 0 saturated heterocycles. The Morgan fingerprint density at radius 1 is 1.33 bits per heavy atom. The molecule has 2 N–H and O–H groups in total. The molecule has 0 amide bonds. The van der Waals surface area contributed by atoms with Gasteiger partial charge in [0.25, 0.3) is 0 Å². The molecule has 0 saturated carbocycles. The molecule has 1 aromatic carbocycles. The van der Waals surface area contributed by atoms with Crippen molar-refractivity contribution in [3.8, 4) is 5.75 Å². The van der Waals surface area contributed by atoms with Gasteiger partial charge in [-0.05, 0) is 47.5 Å². The van der Waals surface area contributed by atoms with E-state index in [2.05, 4.69) is 21.0 Å². The van der Waals surface area contributed by atoms with E-state index >= 15 is 0 Å². The van der Waals surface area contributed by atoms with Crippen LogP contribution < -0.4 is 10.5 Å². The smallest absolute Gasteiger partial charge is 0.191 e. The first-order valence-electron chi connectivity index (χ1n) is 6.50. The van der Waals surface area contributed by atoms with Gasteiger partial charge >= 0.3 is 0 Å². The van der Waals surface area contributed by atoms with Crippen molar-refractivity contribution in [2.24, 2.45) is 5.73 Å². The first-order valence-corrected chi connectivity index (χ1v) is 7.29. The maximum absolute atomic E-state index is 13.8. The molecule has 0 unspecified atom stereocenters. The molecule has 0 bridgehead atoms. The van der Waals surface area contributed by atoms with Crippen molar-refractivity contribution in [1.29, 1.82) is 0 Å². The molecule has 0 spiro atoms. The highest BCUT2D eigenvalue weighted by Crippen LogP contribution is 2.27. The Kier molecular flexibility index (Phi) is 4.95. The van der Waals surface area contributed by atoms with Gasteiger partial charge in [0.15, 0.2) is 17.4 Å². The molecular formula is C14H16BrF2N3O. The first-order chi connectivity index (χ1) is 9.97. The minimum Gasteiger partial charge on any atom is -0.481 e. The zero-order valence-electron chi connectivity index (χ0n) is 11.8. The van der Waals surface area contributed by atoms with Crippen molar-refractivity contribution >= 4 is 15.9 Å². The third-order valence-corrected chi connectivity index (χ3v) is 4.13. The van der Waals surface area contributed by atoms with Crippen LogP contribution >= 0.6 is 15.9 Å². The molecule has 2 aromatic rings. The molecule has 0 aliphatic rings. The maximum atomic E-state index is 13.8. The molecule has 2 rings (SSSR count). The number of nitrogens with two attached hydrogens (primary N) is 1. The van der Waals surface area contributed by atoms with Gasteiger partial charge in [-0.3, -0.25) is 4.68 Å². The monoisotopic (exact) mass is 359 g/mol. The van der Waals surface area contributed by atoms with E-state index in [1.165, 1.54) is 12.1 Å². The van der Waals surface area contributed by atoms with Crippen LogP contribution in [0.1, 0.15) is 23.9 Å². The number of benzene rings is 1. The zero-order chi connectivity index (χ0) is 15.6. The average molecular weight is 360 g/mol. The molecule has 0 fully saturated rings. The summed E-state index contributed by atoms with van der Waals surface area (Å²) in [7, 11) is 0. The van der Waals surface area contributed by atoms with Crippen LogP contribution in [0.25, 0.3) is 0 Å². The van der Waals surface area contributed by atoms with Gasteiger partial charge in [-0.2, -0.15) is 5.10 Å². The van der Waals surface area contributed by atoms with E-state index in [1.807, 2.05) is 13.8 Å². The van der Waals surface area contributed by atoms with Gasteiger partial charge in [0.1, 0.15) is 6.61 Å². The molecule has 0 radical (unpaired) electrons. The minimum absolute atomic E-state index is 0.0189. The third-order valence-electron chi connectivity index (χ3n) is 3.10. The van der Waals surface area contributed by atoms with E-state index in [1.54, 1.807) is 4.68 Å². The molecule has 1 heterocycles. The zero-order valence-corrected chi connectivity index (χ0v) is 13.4. The molecule has 21 heavy (non-hydrogen) atoms. The van der Waals surface area contributed by atoms with E-state index in [4.69, 9.17) is 10.5 Å². The van der Waals surface area contributed by atoms with Gasteiger partial charge in [0.2, 0.25) is 0 Å². The second-order valence-electron chi connectivity index (χ2n) is 4.54. The summed E-state index contributed by atoms with van der Waals surface area (Å²) in [6.07, 6.45) is 0. The Hall–Kier alpha value is -1.47. The van der Waals surface area contributed by atoms with Gasteiger partial charge < -0.3 is 10.5 Å². The van der Waals surface area contributed by atoms with Crippen LogP contribution in [0, 0.1) is 18.6 Å². The number of nitrogens with zero attached hydrogens (tertiary/aromatic N) is 2. The second-order valence-corrected chi connectivity index (χ2v) is 5.34. The summed E-state index contributed by atoms with van der Waals surface area (Å²) in [5.74, 6) is -1.92. The number of aromatic nitrogens is 2.